The van der Waals surface area contributed by atoms with Gasteiger partial charge in [0, 0.05) is 10.5 Å². The average molecular weight is 314 g/mol. The van der Waals surface area contributed by atoms with E-state index in [9.17, 15) is 4.39 Å². The van der Waals surface area contributed by atoms with E-state index in [0.29, 0.717) is 23.1 Å². The summed E-state index contributed by atoms with van der Waals surface area (Å²) in [4.78, 5) is 0. The lowest BCUT2D eigenvalue weighted by Gasteiger charge is -2.40. The van der Waals surface area contributed by atoms with Gasteiger partial charge in [-0.3, -0.25) is 0 Å². The van der Waals surface area contributed by atoms with E-state index in [1.54, 1.807) is 0 Å². The molecule has 0 aliphatic heterocycles. The van der Waals surface area contributed by atoms with E-state index in [0.717, 1.165) is 10.9 Å². The Kier molecular flexibility index (Phi) is 4.00. The predicted molar refractivity (Wildman–Crippen MR) is 78.3 cm³/mol. The highest BCUT2D eigenvalue weighted by atomic mass is 79.9. The van der Waals surface area contributed by atoms with Gasteiger partial charge >= 0.3 is 0 Å². The number of benzene rings is 1. The van der Waals surface area contributed by atoms with Crippen molar-refractivity contribution >= 4 is 21.6 Å². The first-order chi connectivity index (χ1) is 8.37. The molecule has 0 heterocycles. The van der Waals surface area contributed by atoms with Crippen LogP contribution < -0.4 is 5.32 Å². The number of halogens is 2. The minimum atomic E-state index is -0.179. The highest BCUT2D eigenvalue weighted by molar-refractivity contribution is 9.10. The summed E-state index contributed by atoms with van der Waals surface area (Å²) in [6, 6.07) is 5.59. The lowest BCUT2D eigenvalue weighted by molar-refractivity contribution is 0.177. The maximum Gasteiger partial charge on any atom is 0.147 e. The van der Waals surface area contributed by atoms with Crippen LogP contribution in [-0.2, 0) is 0 Å². The first-order valence-electron chi connectivity index (χ1n) is 6.59. The molecule has 2 unspecified atom stereocenters. The summed E-state index contributed by atoms with van der Waals surface area (Å²) < 4.78 is 14.6. The summed E-state index contributed by atoms with van der Waals surface area (Å²) in [6.07, 6.45) is 3.51. The van der Waals surface area contributed by atoms with Gasteiger partial charge in [-0.25, -0.2) is 4.39 Å². The first kappa shape index (κ1) is 13.9. The van der Waals surface area contributed by atoms with Gasteiger partial charge in [-0.2, -0.15) is 0 Å². The van der Waals surface area contributed by atoms with Gasteiger partial charge in [-0.15, -0.1) is 0 Å². The topological polar surface area (TPSA) is 12.0 Å². The molecule has 0 radical (unpaired) electrons. The lowest BCUT2D eigenvalue weighted by Crippen LogP contribution is -2.37. The van der Waals surface area contributed by atoms with Crippen molar-refractivity contribution in [2.45, 2.75) is 46.1 Å². The molecule has 0 saturated heterocycles. The van der Waals surface area contributed by atoms with E-state index in [1.807, 2.05) is 12.1 Å². The van der Waals surface area contributed by atoms with Gasteiger partial charge in [-0.1, -0.05) is 36.7 Å². The van der Waals surface area contributed by atoms with Crippen molar-refractivity contribution in [3.63, 3.8) is 0 Å². The van der Waals surface area contributed by atoms with Crippen LogP contribution in [0.25, 0.3) is 0 Å². The van der Waals surface area contributed by atoms with Crippen LogP contribution in [0.4, 0.5) is 10.1 Å². The normalized spacial score (nSPS) is 26.9. The molecule has 1 nitrogen and oxygen atoms in total. The SMILES string of the molecule is CC1CC(C)(C)CCC1Nc1ccc(Br)cc1F. The van der Waals surface area contributed by atoms with Crippen molar-refractivity contribution in [2.75, 3.05) is 5.32 Å². The summed E-state index contributed by atoms with van der Waals surface area (Å²) in [6.45, 7) is 6.90. The number of anilines is 1. The van der Waals surface area contributed by atoms with Crippen molar-refractivity contribution in [3.05, 3.63) is 28.5 Å². The Labute approximate surface area is 117 Å². The van der Waals surface area contributed by atoms with E-state index in [2.05, 4.69) is 42.0 Å². The van der Waals surface area contributed by atoms with Crippen molar-refractivity contribution in [1.82, 2.24) is 0 Å². The molecule has 1 aliphatic rings. The van der Waals surface area contributed by atoms with Gasteiger partial charge in [0.15, 0.2) is 0 Å². The predicted octanol–water partition coefficient (Wildman–Crippen LogP) is 5.21. The highest BCUT2D eigenvalue weighted by Gasteiger charge is 2.32. The molecule has 1 aliphatic carbocycles. The molecule has 100 valence electrons. The second kappa shape index (κ2) is 5.20. The van der Waals surface area contributed by atoms with Crippen molar-refractivity contribution in [1.29, 1.82) is 0 Å². The van der Waals surface area contributed by atoms with Crippen molar-refractivity contribution < 1.29 is 4.39 Å². The molecule has 0 bridgehead atoms. The fraction of sp³-hybridized carbons (Fsp3) is 0.600. The van der Waals surface area contributed by atoms with E-state index in [4.69, 9.17) is 0 Å². The highest BCUT2D eigenvalue weighted by Crippen LogP contribution is 2.39. The van der Waals surface area contributed by atoms with Crippen LogP contribution in [-0.4, -0.2) is 6.04 Å². The molecule has 1 saturated carbocycles. The summed E-state index contributed by atoms with van der Waals surface area (Å²) in [7, 11) is 0. The van der Waals surface area contributed by atoms with E-state index < -0.39 is 0 Å². The summed E-state index contributed by atoms with van der Waals surface area (Å²) in [5.41, 5.74) is 1.05. The van der Waals surface area contributed by atoms with Gasteiger partial charge in [0.2, 0.25) is 0 Å². The van der Waals surface area contributed by atoms with Gasteiger partial charge in [0.25, 0.3) is 0 Å². The molecular weight excluding hydrogens is 293 g/mol. The van der Waals surface area contributed by atoms with Gasteiger partial charge in [0.05, 0.1) is 5.69 Å². The molecule has 2 atom stereocenters. The van der Waals surface area contributed by atoms with Crippen LogP contribution in [0.1, 0.15) is 40.0 Å². The summed E-state index contributed by atoms with van der Waals surface area (Å²) >= 11 is 3.28. The molecule has 0 amide bonds. The number of rotatable bonds is 2. The first-order valence-corrected chi connectivity index (χ1v) is 7.38. The number of hydrogen-bond donors (Lipinski definition) is 1. The van der Waals surface area contributed by atoms with Crippen LogP contribution in [0.5, 0.6) is 0 Å². The molecule has 0 spiro atoms. The monoisotopic (exact) mass is 313 g/mol. The van der Waals surface area contributed by atoms with Crippen LogP contribution in [0.15, 0.2) is 22.7 Å². The van der Waals surface area contributed by atoms with E-state index in [1.165, 1.54) is 18.9 Å². The number of hydrogen-bond acceptors (Lipinski definition) is 1. The zero-order valence-electron chi connectivity index (χ0n) is 11.3. The molecule has 1 aromatic rings. The third kappa shape index (κ3) is 3.25. The second-order valence-electron chi connectivity index (χ2n) is 6.26. The maximum atomic E-state index is 13.8. The van der Waals surface area contributed by atoms with Crippen LogP contribution in [0.2, 0.25) is 0 Å². The average Bonchev–Trinajstić information content (AvgIpc) is 2.24. The van der Waals surface area contributed by atoms with E-state index >= 15 is 0 Å². The zero-order chi connectivity index (χ0) is 13.3. The molecule has 1 N–H and O–H groups in total. The Morgan fingerprint density at radius 3 is 2.72 bits per heavy atom. The molecule has 1 fully saturated rings. The maximum absolute atomic E-state index is 13.8. The zero-order valence-corrected chi connectivity index (χ0v) is 12.8. The molecule has 3 heteroatoms. The molecule has 0 aromatic heterocycles. The summed E-state index contributed by atoms with van der Waals surface area (Å²) in [5.74, 6) is 0.401. The molecule has 2 rings (SSSR count). The van der Waals surface area contributed by atoms with Crippen LogP contribution in [0.3, 0.4) is 0 Å². The minimum absolute atomic E-state index is 0.179. The van der Waals surface area contributed by atoms with E-state index in [-0.39, 0.29) is 5.82 Å². The Morgan fingerprint density at radius 2 is 2.11 bits per heavy atom. The Hall–Kier alpha value is -0.570. The number of nitrogens with one attached hydrogen (secondary N) is 1. The van der Waals surface area contributed by atoms with Crippen molar-refractivity contribution in [2.24, 2.45) is 11.3 Å². The van der Waals surface area contributed by atoms with Gasteiger partial charge in [0.1, 0.15) is 5.82 Å². The molecule has 1 aromatic carbocycles. The quantitative estimate of drug-likeness (QED) is 0.789. The standard InChI is InChI=1S/C15H21BrFN/c1-10-9-15(2,3)7-6-13(10)18-14-5-4-11(16)8-12(14)17/h4-5,8,10,13,18H,6-7,9H2,1-3H3. The molecular formula is C15H21BrFN. The Balaban J connectivity index is 2.06. The third-order valence-corrected chi connectivity index (χ3v) is 4.46. The Morgan fingerprint density at radius 1 is 1.39 bits per heavy atom. The second-order valence-corrected chi connectivity index (χ2v) is 7.17. The van der Waals surface area contributed by atoms with Crippen LogP contribution in [0, 0.1) is 17.2 Å². The Bertz CT molecular complexity index is 431. The summed E-state index contributed by atoms with van der Waals surface area (Å²) in [5, 5.41) is 3.37. The lowest BCUT2D eigenvalue weighted by atomic mass is 9.70. The van der Waals surface area contributed by atoms with Crippen molar-refractivity contribution in [3.8, 4) is 0 Å². The minimum Gasteiger partial charge on any atom is -0.380 e. The van der Waals surface area contributed by atoms with Crippen LogP contribution >= 0.6 is 15.9 Å². The largest absolute Gasteiger partial charge is 0.380 e. The van der Waals surface area contributed by atoms with Gasteiger partial charge < -0.3 is 5.32 Å². The fourth-order valence-corrected chi connectivity index (χ4v) is 3.30. The third-order valence-electron chi connectivity index (χ3n) is 3.97. The molecule has 18 heavy (non-hydrogen) atoms. The fourth-order valence-electron chi connectivity index (χ4n) is 2.97. The van der Waals surface area contributed by atoms with Gasteiger partial charge in [-0.05, 0) is 48.8 Å². The smallest absolute Gasteiger partial charge is 0.147 e.